The van der Waals surface area contributed by atoms with Gasteiger partial charge in [0.05, 0.1) is 0 Å². The highest BCUT2D eigenvalue weighted by Crippen LogP contribution is 2.23. The number of benzene rings is 2. The molecule has 0 spiro atoms. The van der Waals surface area contributed by atoms with E-state index in [0.29, 0.717) is 0 Å². The molecule has 0 aliphatic carbocycles. The second kappa shape index (κ2) is 7.81. The van der Waals surface area contributed by atoms with Crippen LogP contribution in [0.2, 0.25) is 5.02 Å². The minimum atomic E-state index is 0.103. The van der Waals surface area contributed by atoms with Crippen LogP contribution in [0.5, 0.6) is 0 Å². The fourth-order valence-corrected chi connectivity index (χ4v) is 3.47. The van der Waals surface area contributed by atoms with Crippen molar-refractivity contribution >= 4 is 17.5 Å². The highest BCUT2D eigenvalue weighted by molar-refractivity contribution is 6.31. The zero-order valence-corrected chi connectivity index (χ0v) is 16.6. The third kappa shape index (κ3) is 4.46. The van der Waals surface area contributed by atoms with Gasteiger partial charge in [0.1, 0.15) is 0 Å². The summed E-state index contributed by atoms with van der Waals surface area (Å²) in [5.41, 5.74) is 3.27. The number of nitrogens with zero attached hydrogens (tertiary/aromatic N) is 2. The van der Waals surface area contributed by atoms with Gasteiger partial charge in [-0.2, -0.15) is 0 Å². The summed E-state index contributed by atoms with van der Waals surface area (Å²) >= 11 is 6.26. The van der Waals surface area contributed by atoms with E-state index >= 15 is 0 Å². The second-order valence-electron chi connectivity index (χ2n) is 7.99. The van der Waals surface area contributed by atoms with E-state index in [9.17, 15) is 4.79 Å². The van der Waals surface area contributed by atoms with E-state index in [1.165, 1.54) is 5.56 Å². The predicted molar refractivity (Wildman–Crippen MR) is 108 cm³/mol. The van der Waals surface area contributed by atoms with E-state index in [-0.39, 0.29) is 11.3 Å². The minimum absolute atomic E-state index is 0.103. The highest BCUT2D eigenvalue weighted by Gasteiger charge is 2.23. The number of rotatable bonds is 3. The van der Waals surface area contributed by atoms with Crippen molar-refractivity contribution in [3.05, 3.63) is 70.2 Å². The van der Waals surface area contributed by atoms with Gasteiger partial charge in [-0.1, -0.05) is 62.7 Å². The molecule has 0 N–H and O–H groups in total. The van der Waals surface area contributed by atoms with Gasteiger partial charge in [-0.15, -0.1) is 0 Å². The number of hydrogen-bond acceptors (Lipinski definition) is 2. The zero-order valence-electron chi connectivity index (χ0n) is 15.8. The van der Waals surface area contributed by atoms with Crippen molar-refractivity contribution in [2.24, 2.45) is 0 Å². The molecule has 138 valence electrons. The molecule has 4 heteroatoms. The number of piperazine rings is 1. The van der Waals surface area contributed by atoms with E-state index in [0.717, 1.165) is 48.9 Å². The summed E-state index contributed by atoms with van der Waals surface area (Å²) in [6.07, 6.45) is 0. The lowest BCUT2D eigenvalue weighted by atomic mass is 9.86. The topological polar surface area (TPSA) is 23.6 Å². The van der Waals surface area contributed by atoms with Crippen LogP contribution in [0.15, 0.2) is 48.5 Å². The van der Waals surface area contributed by atoms with Gasteiger partial charge in [0.15, 0.2) is 0 Å². The summed E-state index contributed by atoms with van der Waals surface area (Å²) < 4.78 is 0. The van der Waals surface area contributed by atoms with E-state index in [1.54, 1.807) is 0 Å². The Labute approximate surface area is 161 Å². The molecular weight excluding hydrogens is 344 g/mol. The van der Waals surface area contributed by atoms with Crippen LogP contribution in [0.4, 0.5) is 0 Å². The zero-order chi connectivity index (χ0) is 18.7. The van der Waals surface area contributed by atoms with Crippen molar-refractivity contribution in [2.45, 2.75) is 32.7 Å². The molecule has 1 saturated heterocycles. The van der Waals surface area contributed by atoms with Crippen molar-refractivity contribution in [3.8, 4) is 0 Å². The smallest absolute Gasteiger partial charge is 0.253 e. The van der Waals surface area contributed by atoms with Gasteiger partial charge in [0, 0.05) is 43.3 Å². The lowest BCUT2D eigenvalue weighted by Gasteiger charge is -2.35. The molecular formula is C22H27ClN2O. The number of halogens is 1. The lowest BCUT2D eigenvalue weighted by molar-refractivity contribution is 0.0628. The predicted octanol–water partition coefficient (Wildman–Crippen LogP) is 4.60. The molecule has 1 heterocycles. The Morgan fingerprint density at radius 3 is 2.15 bits per heavy atom. The van der Waals surface area contributed by atoms with E-state index in [4.69, 9.17) is 11.6 Å². The van der Waals surface area contributed by atoms with Crippen molar-refractivity contribution < 1.29 is 4.79 Å². The molecule has 0 radical (unpaired) electrons. The first-order valence-corrected chi connectivity index (χ1v) is 9.58. The number of amides is 1. The molecule has 3 nitrogen and oxygen atoms in total. The molecule has 0 aromatic heterocycles. The Balaban J connectivity index is 1.57. The largest absolute Gasteiger partial charge is 0.336 e. The molecule has 3 rings (SSSR count). The standard InChI is InChI=1S/C22H27ClN2O/c1-22(2,3)19-10-8-17(9-11-19)21(26)25-14-12-24(13-15-25)16-18-6-4-5-7-20(18)23/h4-11H,12-16H2,1-3H3. The Bertz CT molecular complexity index is 756. The normalized spacial score (nSPS) is 15.9. The van der Waals surface area contributed by atoms with Gasteiger partial charge in [0.25, 0.3) is 5.91 Å². The van der Waals surface area contributed by atoms with Gasteiger partial charge >= 0.3 is 0 Å². The van der Waals surface area contributed by atoms with Crippen LogP contribution in [-0.4, -0.2) is 41.9 Å². The fraction of sp³-hybridized carbons (Fsp3) is 0.409. The molecule has 0 atom stereocenters. The first kappa shape index (κ1) is 18.9. The molecule has 2 aromatic carbocycles. The quantitative estimate of drug-likeness (QED) is 0.788. The van der Waals surface area contributed by atoms with E-state index < -0.39 is 0 Å². The molecule has 0 unspecified atom stereocenters. The fourth-order valence-electron chi connectivity index (χ4n) is 3.27. The SMILES string of the molecule is CC(C)(C)c1ccc(C(=O)N2CCN(Cc3ccccc3Cl)CC2)cc1. The van der Waals surface area contributed by atoms with Crippen molar-refractivity contribution in [2.75, 3.05) is 26.2 Å². The molecule has 0 bridgehead atoms. The Hall–Kier alpha value is -1.84. The second-order valence-corrected chi connectivity index (χ2v) is 8.39. The van der Waals surface area contributed by atoms with Gasteiger partial charge in [0.2, 0.25) is 0 Å². The third-order valence-electron chi connectivity index (χ3n) is 5.01. The summed E-state index contributed by atoms with van der Waals surface area (Å²) in [6, 6.07) is 16.0. The van der Waals surface area contributed by atoms with Crippen LogP contribution in [0.3, 0.4) is 0 Å². The van der Waals surface area contributed by atoms with E-state index in [2.05, 4.69) is 43.9 Å². The Kier molecular flexibility index (Phi) is 5.69. The molecule has 26 heavy (non-hydrogen) atoms. The third-order valence-corrected chi connectivity index (χ3v) is 5.38. The Morgan fingerprint density at radius 1 is 0.962 bits per heavy atom. The lowest BCUT2D eigenvalue weighted by Crippen LogP contribution is -2.48. The van der Waals surface area contributed by atoms with Crippen molar-refractivity contribution in [3.63, 3.8) is 0 Å². The molecule has 1 amide bonds. The van der Waals surface area contributed by atoms with Gasteiger partial charge in [-0.25, -0.2) is 0 Å². The molecule has 2 aromatic rings. The summed E-state index contributed by atoms with van der Waals surface area (Å²) in [5.74, 6) is 0.128. The highest BCUT2D eigenvalue weighted by atomic mass is 35.5. The van der Waals surface area contributed by atoms with Crippen molar-refractivity contribution in [1.29, 1.82) is 0 Å². The number of carbonyl (C=O) groups excluding carboxylic acids is 1. The minimum Gasteiger partial charge on any atom is -0.336 e. The van der Waals surface area contributed by atoms with Crippen LogP contribution in [0, 0.1) is 0 Å². The first-order chi connectivity index (χ1) is 12.3. The average Bonchev–Trinajstić information content (AvgIpc) is 2.63. The molecule has 1 aliphatic heterocycles. The maximum absolute atomic E-state index is 12.8. The maximum atomic E-state index is 12.8. The number of carbonyl (C=O) groups is 1. The maximum Gasteiger partial charge on any atom is 0.253 e. The Morgan fingerprint density at radius 2 is 1.58 bits per heavy atom. The van der Waals surface area contributed by atoms with Gasteiger partial charge < -0.3 is 4.90 Å². The molecule has 0 saturated carbocycles. The summed E-state index contributed by atoms with van der Waals surface area (Å²) in [4.78, 5) is 17.1. The molecule has 1 fully saturated rings. The van der Waals surface area contributed by atoms with Gasteiger partial charge in [-0.05, 0) is 34.7 Å². The molecule has 1 aliphatic rings. The van der Waals surface area contributed by atoms with E-state index in [1.807, 2.05) is 35.2 Å². The summed E-state index contributed by atoms with van der Waals surface area (Å²) in [5, 5.41) is 0.810. The monoisotopic (exact) mass is 370 g/mol. The van der Waals surface area contributed by atoms with Crippen LogP contribution in [0.25, 0.3) is 0 Å². The average molecular weight is 371 g/mol. The van der Waals surface area contributed by atoms with Crippen LogP contribution in [-0.2, 0) is 12.0 Å². The summed E-state index contributed by atoms with van der Waals surface area (Å²) in [6.45, 7) is 10.6. The van der Waals surface area contributed by atoms with Crippen molar-refractivity contribution in [1.82, 2.24) is 9.80 Å². The first-order valence-electron chi connectivity index (χ1n) is 9.20. The van der Waals surface area contributed by atoms with Crippen LogP contribution in [0.1, 0.15) is 42.3 Å². The number of hydrogen-bond donors (Lipinski definition) is 0. The van der Waals surface area contributed by atoms with Crippen LogP contribution >= 0.6 is 11.6 Å². The summed E-state index contributed by atoms with van der Waals surface area (Å²) in [7, 11) is 0. The van der Waals surface area contributed by atoms with Gasteiger partial charge in [-0.3, -0.25) is 9.69 Å². The van der Waals surface area contributed by atoms with Crippen LogP contribution < -0.4 is 0 Å².